The number of fused-ring (bicyclic) bond motifs is 1. The molecule has 0 spiro atoms. The molecule has 2 amide bonds. The monoisotopic (exact) mass is 230 g/mol. The van der Waals surface area contributed by atoms with E-state index in [9.17, 15) is 9.59 Å². The van der Waals surface area contributed by atoms with E-state index in [1.54, 1.807) is 4.90 Å². The first kappa shape index (κ1) is 10.6. The van der Waals surface area contributed by atoms with Crippen LogP contribution in [0.5, 0.6) is 0 Å². The second-order valence-electron chi connectivity index (χ2n) is 3.68. The number of hydrogen-bond acceptors (Lipinski definition) is 4. The molecule has 2 heterocycles. The lowest BCUT2D eigenvalue weighted by atomic mass is 10.2. The molecular formula is C9H14N2O3S. The molecular weight excluding hydrogens is 216 g/mol. The summed E-state index contributed by atoms with van der Waals surface area (Å²) in [5.41, 5.74) is 0. The highest BCUT2D eigenvalue weighted by Crippen LogP contribution is 2.27. The number of carbonyl (C=O) groups is 2. The third-order valence-electron chi connectivity index (χ3n) is 2.81. The predicted molar refractivity (Wildman–Crippen MR) is 56.8 cm³/mol. The molecule has 2 aliphatic rings. The molecule has 0 saturated carbocycles. The summed E-state index contributed by atoms with van der Waals surface area (Å²) in [4.78, 5) is 24.3. The van der Waals surface area contributed by atoms with Gasteiger partial charge in [-0.1, -0.05) is 0 Å². The Hall–Kier alpha value is -0.910. The fraction of sp³-hybridized carbons (Fsp3) is 0.778. The maximum atomic E-state index is 11.5. The molecule has 2 atom stereocenters. The minimum Gasteiger partial charge on any atom is -0.469 e. The van der Waals surface area contributed by atoms with Crippen LogP contribution in [-0.4, -0.2) is 54.1 Å². The first-order chi connectivity index (χ1) is 7.22. The standard InChI is InChI=1S/C9H14N2O3S/c1-14-8(12)2-3-11-7-5-15-4-6(7)10-9(11)13/h6-7H,2-5H2,1H3,(H,10,13). The molecule has 0 radical (unpaired) electrons. The second-order valence-corrected chi connectivity index (χ2v) is 4.76. The van der Waals surface area contributed by atoms with Crippen LogP contribution in [0.15, 0.2) is 0 Å². The Balaban J connectivity index is 1.90. The van der Waals surface area contributed by atoms with Crippen molar-refractivity contribution in [2.75, 3.05) is 25.2 Å². The van der Waals surface area contributed by atoms with E-state index in [-0.39, 0.29) is 30.5 Å². The van der Waals surface area contributed by atoms with Gasteiger partial charge in [0.05, 0.1) is 25.6 Å². The fourth-order valence-corrected chi connectivity index (χ4v) is 3.31. The van der Waals surface area contributed by atoms with Crippen molar-refractivity contribution in [3.63, 3.8) is 0 Å². The Morgan fingerprint density at radius 1 is 1.67 bits per heavy atom. The van der Waals surface area contributed by atoms with Gasteiger partial charge in [-0.2, -0.15) is 11.8 Å². The smallest absolute Gasteiger partial charge is 0.318 e. The highest BCUT2D eigenvalue weighted by atomic mass is 32.2. The van der Waals surface area contributed by atoms with Crippen molar-refractivity contribution in [1.82, 2.24) is 10.2 Å². The van der Waals surface area contributed by atoms with Crippen LogP contribution in [0.1, 0.15) is 6.42 Å². The lowest BCUT2D eigenvalue weighted by Gasteiger charge is -2.20. The van der Waals surface area contributed by atoms with Crippen molar-refractivity contribution in [2.24, 2.45) is 0 Å². The average Bonchev–Trinajstić information content (AvgIpc) is 2.75. The number of nitrogens with zero attached hydrogens (tertiary/aromatic N) is 1. The molecule has 2 unspecified atom stereocenters. The summed E-state index contributed by atoms with van der Waals surface area (Å²) in [5, 5.41) is 2.92. The van der Waals surface area contributed by atoms with Crippen molar-refractivity contribution < 1.29 is 14.3 Å². The summed E-state index contributed by atoms with van der Waals surface area (Å²) in [7, 11) is 1.36. The number of ether oxygens (including phenoxy) is 1. The Morgan fingerprint density at radius 2 is 2.47 bits per heavy atom. The Kier molecular flexibility index (Phi) is 3.04. The quantitative estimate of drug-likeness (QED) is 0.550. The van der Waals surface area contributed by atoms with Gasteiger partial charge in [-0.05, 0) is 0 Å². The molecule has 0 aromatic carbocycles. The van der Waals surface area contributed by atoms with Crippen molar-refractivity contribution in [3.8, 4) is 0 Å². The summed E-state index contributed by atoms with van der Waals surface area (Å²) < 4.78 is 4.55. The molecule has 1 N–H and O–H groups in total. The van der Waals surface area contributed by atoms with Crippen LogP contribution in [0.25, 0.3) is 0 Å². The summed E-state index contributed by atoms with van der Waals surface area (Å²) in [6.07, 6.45) is 0.276. The van der Waals surface area contributed by atoms with Crippen LogP contribution in [-0.2, 0) is 9.53 Å². The first-order valence-corrected chi connectivity index (χ1v) is 6.09. The van der Waals surface area contributed by atoms with E-state index in [2.05, 4.69) is 10.1 Å². The third-order valence-corrected chi connectivity index (χ3v) is 3.98. The lowest BCUT2D eigenvalue weighted by Crippen LogP contribution is -2.37. The zero-order chi connectivity index (χ0) is 10.8. The third kappa shape index (κ3) is 2.04. The van der Waals surface area contributed by atoms with Gasteiger partial charge in [-0.3, -0.25) is 4.79 Å². The number of hydrogen-bond donors (Lipinski definition) is 1. The SMILES string of the molecule is COC(=O)CCN1C(=O)NC2CSCC21. The number of thioether (sulfide) groups is 1. The highest BCUT2D eigenvalue weighted by Gasteiger charge is 2.42. The van der Waals surface area contributed by atoms with E-state index in [1.807, 2.05) is 11.8 Å². The van der Waals surface area contributed by atoms with E-state index in [4.69, 9.17) is 0 Å². The van der Waals surface area contributed by atoms with Crippen LogP contribution >= 0.6 is 11.8 Å². The molecule has 2 rings (SSSR count). The van der Waals surface area contributed by atoms with Crippen molar-refractivity contribution >= 4 is 23.8 Å². The molecule has 0 aliphatic carbocycles. The van der Waals surface area contributed by atoms with Crippen molar-refractivity contribution in [2.45, 2.75) is 18.5 Å². The molecule has 15 heavy (non-hydrogen) atoms. The minimum atomic E-state index is -0.267. The van der Waals surface area contributed by atoms with Crippen LogP contribution in [0.3, 0.4) is 0 Å². The number of carbonyl (C=O) groups excluding carboxylic acids is 2. The summed E-state index contributed by atoms with van der Waals surface area (Å²) in [6, 6.07) is 0.474. The Labute approximate surface area is 92.5 Å². The van der Waals surface area contributed by atoms with Crippen LogP contribution in [0.2, 0.25) is 0 Å². The number of methoxy groups -OCH3 is 1. The van der Waals surface area contributed by atoms with E-state index in [1.165, 1.54) is 7.11 Å². The van der Waals surface area contributed by atoms with Gasteiger partial charge in [0.2, 0.25) is 0 Å². The number of esters is 1. The number of nitrogens with one attached hydrogen (secondary N) is 1. The van der Waals surface area contributed by atoms with Gasteiger partial charge in [0.1, 0.15) is 0 Å². The van der Waals surface area contributed by atoms with Crippen LogP contribution in [0.4, 0.5) is 4.79 Å². The second kappa shape index (κ2) is 4.30. The Morgan fingerprint density at radius 3 is 3.20 bits per heavy atom. The van der Waals surface area contributed by atoms with Gasteiger partial charge < -0.3 is 15.0 Å². The molecule has 84 valence electrons. The lowest BCUT2D eigenvalue weighted by molar-refractivity contribution is -0.140. The molecule has 0 bridgehead atoms. The maximum Gasteiger partial charge on any atom is 0.318 e. The molecule has 0 aromatic heterocycles. The molecule has 6 heteroatoms. The number of amides is 2. The van der Waals surface area contributed by atoms with Gasteiger partial charge in [0.25, 0.3) is 0 Å². The normalized spacial score (nSPS) is 28.9. The fourth-order valence-electron chi connectivity index (χ4n) is 1.96. The van der Waals surface area contributed by atoms with E-state index in [0.29, 0.717) is 6.54 Å². The van der Waals surface area contributed by atoms with Gasteiger partial charge in [-0.15, -0.1) is 0 Å². The predicted octanol–water partition coefficient (Wildman–Crippen LogP) is 0.0587. The van der Waals surface area contributed by atoms with Crippen molar-refractivity contribution in [1.29, 1.82) is 0 Å². The molecule has 5 nitrogen and oxygen atoms in total. The van der Waals surface area contributed by atoms with Gasteiger partial charge >= 0.3 is 12.0 Å². The molecule has 0 aromatic rings. The summed E-state index contributed by atoms with van der Waals surface area (Å²) in [6.45, 7) is 0.459. The number of urea groups is 1. The van der Waals surface area contributed by atoms with Gasteiger partial charge in [-0.25, -0.2) is 4.79 Å². The Bertz CT molecular complexity index is 285. The van der Waals surface area contributed by atoms with Gasteiger partial charge in [0, 0.05) is 18.1 Å². The van der Waals surface area contributed by atoms with E-state index >= 15 is 0 Å². The van der Waals surface area contributed by atoms with Crippen molar-refractivity contribution in [3.05, 3.63) is 0 Å². The largest absolute Gasteiger partial charge is 0.469 e. The first-order valence-electron chi connectivity index (χ1n) is 4.94. The average molecular weight is 230 g/mol. The topological polar surface area (TPSA) is 58.6 Å². The van der Waals surface area contributed by atoms with E-state index < -0.39 is 0 Å². The highest BCUT2D eigenvalue weighted by molar-refractivity contribution is 7.99. The molecule has 2 saturated heterocycles. The maximum absolute atomic E-state index is 11.5. The summed E-state index contributed by atoms with van der Waals surface area (Å²) in [5.74, 6) is 1.67. The van der Waals surface area contributed by atoms with E-state index in [0.717, 1.165) is 11.5 Å². The number of rotatable bonds is 3. The zero-order valence-electron chi connectivity index (χ0n) is 8.56. The van der Waals surface area contributed by atoms with Crippen LogP contribution < -0.4 is 5.32 Å². The zero-order valence-corrected chi connectivity index (χ0v) is 9.38. The minimum absolute atomic E-state index is 0.0470. The van der Waals surface area contributed by atoms with Crippen LogP contribution in [0, 0.1) is 0 Å². The summed E-state index contributed by atoms with van der Waals surface area (Å²) >= 11 is 1.84. The molecule has 2 fully saturated rings. The molecule has 2 aliphatic heterocycles. The van der Waals surface area contributed by atoms with Gasteiger partial charge in [0.15, 0.2) is 0 Å².